The number of rotatable bonds is 3. The Morgan fingerprint density at radius 2 is 1.52 bits per heavy atom. The van der Waals surface area contributed by atoms with Crippen LogP contribution in [0.25, 0.3) is 42.6 Å². The lowest BCUT2D eigenvalue weighted by atomic mass is 9.97. The summed E-state index contributed by atoms with van der Waals surface area (Å²) in [5, 5.41) is 2.64. The number of pyridine rings is 1. The van der Waals surface area contributed by atoms with Crippen LogP contribution in [0.15, 0.2) is 79.0 Å². The van der Waals surface area contributed by atoms with E-state index in [1.807, 2.05) is 17.5 Å². The van der Waals surface area contributed by atoms with Crippen LogP contribution in [-0.4, -0.2) is 4.98 Å². The van der Waals surface area contributed by atoms with Gasteiger partial charge in [-0.1, -0.05) is 62.4 Å². The van der Waals surface area contributed by atoms with Gasteiger partial charge < -0.3 is 0 Å². The first-order valence-corrected chi connectivity index (χ1v) is 10.9. The first kappa shape index (κ1) is 18.1. The summed E-state index contributed by atoms with van der Waals surface area (Å²) in [5.74, 6) is 0.499. The summed E-state index contributed by atoms with van der Waals surface area (Å²) in [6, 6.07) is 26.4. The van der Waals surface area contributed by atoms with Crippen LogP contribution in [-0.2, 0) is 0 Å². The molecule has 2 aromatic heterocycles. The second-order valence-electron chi connectivity index (χ2n) is 7.97. The third kappa shape index (κ3) is 3.24. The van der Waals surface area contributed by atoms with E-state index in [0.29, 0.717) is 5.92 Å². The van der Waals surface area contributed by atoms with E-state index < -0.39 is 0 Å². The monoisotopic (exact) mass is 393 g/mol. The zero-order valence-corrected chi connectivity index (χ0v) is 17.8. The van der Waals surface area contributed by atoms with Gasteiger partial charge in [0, 0.05) is 31.9 Å². The fraction of sp³-hybridized carbons (Fsp3) is 0.148. The normalized spacial score (nSPS) is 11.6. The predicted molar refractivity (Wildman–Crippen MR) is 127 cm³/mol. The highest BCUT2D eigenvalue weighted by atomic mass is 32.1. The number of aromatic nitrogens is 1. The molecule has 5 rings (SSSR count). The maximum absolute atomic E-state index is 4.72. The molecule has 0 bridgehead atoms. The molecule has 142 valence electrons. The standard InChI is InChI=1S/C27H23NS/c1-17(2)23-15-25(28-16-18(23)3)21-10-12-26-24(13-21)22-11-9-20(14-27(22)29-26)19-7-5-4-6-8-19/h4-17H,1-3H3. The SMILES string of the molecule is Cc1cnc(-c2ccc3sc4cc(-c5ccccc5)ccc4c3c2)cc1C(C)C. The van der Waals surface area contributed by atoms with Crippen LogP contribution in [0.4, 0.5) is 0 Å². The van der Waals surface area contributed by atoms with Gasteiger partial charge in [0.05, 0.1) is 5.69 Å². The van der Waals surface area contributed by atoms with Crippen LogP contribution in [0.1, 0.15) is 30.9 Å². The molecule has 2 heterocycles. The highest BCUT2D eigenvalue weighted by Crippen LogP contribution is 2.38. The molecular formula is C27H23NS. The van der Waals surface area contributed by atoms with E-state index in [4.69, 9.17) is 4.98 Å². The summed E-state index contributed by atoms with van der Waals surface area (Å²) in [4.78, 5) is 4.72. The van der Waals surface area contributed by atoms with Crippen LogP contribution >= 0.6 is 11.3 Å². The summed E-state index contributed by atoms with van der Waals surface area (Å²) >= 11 is 1.86. The number of benzene rings is 3. The van der Waals surface area contributed by atoms with E-state index in [9.17, 15) is 0 Å². The molecule has 5 aromatic rings. The number of thiophene rings is 1. The van der Waals surface area contributed by atoms with Crippen molar-refractivity contribution in [1.82, 2.24) is 4.98 Å². The second-order valence-corrected chi connectivity index (χ2v) is 9.05. The lowest BCUT2D eigenvalue weighted by Crippen LogP contribution is -1.95. The molecule has 0 saturated carbocycles. The fourth-order valence-electron chi connectivity index (χ4n) is 4.07. The number of nitrogens with zero attached hydrogens (tertiary/aromatic N) is 1. The summed E-state index contributed by atoms with van der Waals surface area (Å²) in [7, 11) is 0. The smallest absolute Gasteiger partial charge is 0.0705 e. The number of hydrogen-bond donors (Lipinski definition) is 0. The topological polar surface area (TPSA) is 12.9 Å². The number of hydrogen-bond acceptors (Lipinski definition) is 2. The van der Waals surface area contributed by atoms with E-state index in [-0.39, 0.29) is 0 Å². The minimum absolute atomic E-state index is 0.499. The molecule has 0 radical (unpaired) electrons. The lowest BCUT2D eigenvalue weighted by Gasteiger charge is -2.11. The number of aryl methyl sites for hydroxylation is 1. The molecule has 1 nitrogen and oxygen atoms in total. The van der Waals surface area contributed by atoms with E-state index >= 15 is 0 Å². The van der Waals surface area contributed by atoms with Gasteiger partial charge in [-0.2, -0.15) is 0 Å². The Kier molecular flexibility index (Phi) is 4.44. The van der Waals surface area contributed by atoms with Gasteiger partial charge in [-0.15, -0.1) is 11.3 Å². The van der Waals surface area contributed by atoms with Crippen molar-refractivity contribution in [1.29, 1.82) is 0 Å². The molecule has 29 heavy (non-hydrogen) atoms. The maximum atomic E-state index is 4.72. The van der Waals surface area contributed by atoms with Crippen LogP contribution in [0.5, 0.6) is 0 Å². The van der Waals surface area contributed by atoms with Crippen LogP contribution in [0.3, 0.4) is 0 Å². The molecule has 0 amide bonds. The third-order valence-electron chi connectivity index (χ3n) is 5.64. The second kappa shape index (κ2) is 7.13. The van der Waals surface area contributed by atoms with Crippen molar-refractivity contribution in [3.05, 3.63) is 90.1 Å². The highest BCUT2D eigenvalue weighted by Gasteiger charge is 2.11. The molecule has 0 aliphatic carbocycles. The zero-order chi connectivity index (χ0) is 20.0. The minimum Gasteiger partial charge on any atom is -0.256 e. The van der Waals surface area contributed by atoms with Gasteiger partial charge in [0.25, 0.3) is 0 Å². The van der Waals surface area contributed by atoms with Crippen LogP contribution in [0, 0.1) is 6.92 Å². The van der Waals surface area contributed by atoms with E-state index in [1.54, 1.807) is 0 Å². The summed E-state index contributed by atoms with van der Waals surface area (Å²) in [6.45, 7) is 6.63. The van der Waals surface area contributed by atoms with Gasteiger partial charge in [0.2, 0.25) is 0 Å². The average Bonchev–Trinajstić information content (AvgIpc) is 3.11. The Morgan fingerprint density at radius 3 is 2.31 bits per heavy atom. The van der Waals surface area contributed by atoms with Gasteiger partial charge in [-0.25, -0.2) is 0 Å². The lowest BCUT2D eigenvalue weighted by molar-refractivity contribution is 0.852. The molecule has 0 aliphatic rings. The molecule has 0 N–H and O–H groups in total. The van der Waals surface area contributed by atoms with Crippen LogP contribution in [0.2, 0.25) is 0 Å². The van der Waals surface area contributed by atoms with Gasteiger partial charge in [-0.3, -0.25) is 4.98 Å². The summed E-state index contributed by atoms with van der Waals surface area (Å²) in [5.41, 5.74) is 7.41. The van der Waals surface area contributed by atoms with Crippen molar-refractivity contribution in [2.45, 2.75) is 26.7 Å². The third-order valence-corrected chi connectivity index (χ3v) is 6.77. The van der Waals surface area contributed by atoms with E-state index in [0.717, 1.165) is 5.69 Å². The van der Waals surface area contributed by atoms with E-state index in [1.165, 1.54) is 48.0 Å². The Balaban J connectivity index is 1.63. The first-order chi connectivity index (χ1) is 14.1. The van der Waals surface area contributed by atoms with Crippen molar-refractivity contribution in [2.24, 2.45) is 0 Å². The molecule has 0 fully saturated rings. The first-order valence-electron chi connectivity index (χ1n) is 10.1. The molecule has 0 aliphatic heterocycles. The van der Waals surface area contributed by atoms with Crippen molar-refractivity contribution in [3.63, 3.8) is 0 Å². The fourth-order valence-corrected chi connectivity index (χ4v) is 5.19. The van der Waals surface area contributed by atoms with Gasteiger partial charge in [-0.05, 0) is 59.4 Å². The summed E-state index contributed by atoms with van der Waals surface area (Å²) < 4.78 is 2.66. The maximum Gasteiger partial charge on any atom is 0.0705 e. The van der Waals surface area contributed by atoms with Gasteiger partial charge >= 0.3 is 0 Å². The predicted octanol–water partition coefficient (Wildman–Crippen LogP) is 8.22. The zero-order valence-electron chi connectivity index (χ0n) is 16.9. The Labute approximate surface area is 175 Å². The molecule has 2 heteroatoms. The molecule has 0 unspecified atom stereocenters. The number of fused-ring (bicyclic) bond motifs is 3. The Bertz CT molecular complexity index is 1330. The molecule has 0 saturated heterocycles. The Morgan fingerprint density at radius 1 is 0.724 bits per heavy atom. The quantitative estimate of drug-likeness (QED) is 0.301. The molecular weight excluding hydrogens is 370 g/mol. The van der Waals surface area contributed by atoms with E-state index in [2.05, 4.69) is 93.6 Å². The van der Waals surface area contributed by atoms with Crippen molar-refractivity contribution in [3.8, 4) is 22.4 Å². The molecule has 3 aromatic carbocycles. The van der Waals surface area contributed by atoms with Crippen LogP contribution < -0.4 is 0 Å². The van der Waals surface area contributed by atoms with Crippen molar-refractivity contribution < 1.29 is 0 Å². The molecule has 0 atom stereocenters. The molecule has 0 spiro atoms. The average molecular weight is 394 g/mol. The largest absolute Gasteiger partial charge is 0.256 e. The van der Waals surface area contributed by atoms with Gasteiger partial charge in [0.1, 0.15) is 0 Å². The minimum atomic E-state index is 0.499. The summed E-state index contributed by atoms with van der Waals surface area (Å²) in [6.07, 6.45) is 2.01. The van der Waals surface area contributed by atoms with Gasteiger partial charge in [0.15, 0.2) is 0 Å². The highest BCUT2D eigenvalue weighted by molar-refractivity contribution is 7.25. The Hall–Kier alpha value is -2.97. The van der Waals surface area contributed by atoms with Crippen molar-refractivity contribution >= 4 is 31.5 Å². The van der Waals surface area contributed by atoms with Crippen molar-refractivity contribution in [2.75, 3.05) is 0 Å².